The van der Waals surface area contributed by atoms with Crippen molar-refractivity contribution in [2.75, 3.05) is 0 Å². The van der Waals surface area contributed by atoms with Crippen LogP contribution in [0.5, 0.6) is 0 Å². The largest absolute Gasteiger partial charge is 0.409 e. The number of pyridine rings is 1. The van der Waals surface area contributed by atoms with Crippen LogP contribution in [-0.2, 0) is 9.22 Å². The van der Waals surface area contributed by atoms with Gasteiger partial charge in [0.15, 0.2) is 8.32 Å². The maximum atomic E-state index is 12.9. The van der Waals surface area contributed by atoms with Gasteiger partial charge >= 0.3 is 0 Å². The number of carbonyl (C=O) groups excluding carboxylic acids is 1. The molecule has 1 aromatic heterocycles. The number of nitrogens with zero attached hydrogens (tertiary/aromatic N) is 1. The second-order valence-electron chi connectivity index (χ2n) is 6.18. The predicted octanol–water partition coefficient (Wildman–Crippen LogP) is 3.87. The smallest absolute Gasteiger partial charge is 0.212 e. The third kappa shape index (κ3) is 4.21. The van der Waals surface area contributed by atoms with Gasteiger partial charge in [-0.05, 0) is 29.8 Å². The molecule has 19 heavy (non-hydrogen) atoms. The Morgan fingerprint density at radius 2 is 2.05 bits per heavy atom. The lowest BCUT2D eigenvalue weighted by Crippen LogP contribution is -2.42. The molecular weight excluding hydrogens is 261 g/mol. The summed E-state index contributed by atoms with van der Waals surface area (Å²) in [6.07, 6.45) is 2.20. The van der Waals surface area contributed by atoms with Crippen LogP contribution in [0.15, 0.2) is 18.3 Å². The van der Waals surface area contributed by atoms with Crippen molar-refractivity contribution >= 4 is 14.6 Å². The van der Waals surface area contributed by atoms with Crippen LogP contribution in [0, 0.1) is 5.95 Å². The molecule has 0 aliphatic carbocycles. The van der Waals surface area contributed by atoms with E-state index in [1.54, 1.807) is 6.07 Å². The van der Waals surface area contributed by atoms with Gasteiger partial charge in [0.1, 0.15) is 6.29 Å². The molecule has 0 N–H and O–H groups in total. The molecule has 0 bridgehead atoms. The van der Waals surface area contributed by atoms with Crippen LogP contribution in [0.4, 0.5) is 4.39 Å². The van der Waals surface area contributed by atoms with E-state index in [2.05, 4.69) is 38.8 Å². The average molecular weight is 283 g/mol. The highest BCUT2D eigenvalue weighted by Gasteiger charge is 2.39. The molecule has 0 radical (unpaired) electrons. The minimum atomic E-state index is -1.98. The van der Waals surface area contributed by atoms with Crippen LogP contribution in [0.2, 0.25) is 18.1 Å². The quantitative estimate of drug-likeness (QED) is 0.468. The summed E-state index contributed by atoms with van der Waals surface area (Å²) in [5, 5.41) is 0.0571. The summed E-state index contributed by atoms with van der Waals surface area (Å²) in [6.45, 7) is 10.7. The molecule has 0 fully saturated rings. The summed E-state index contributed by atoms with van der Waals surface area (Å²) >= 11 is 0. The lowest BCUT2D eigenvalue weighted by Gasteiger charge is -2.39. The third-order valence-corrected chi connectivity index (χ3v) is 8.16. The van der Waals surface area contributed by atoms with Crippen LogP contribution in [0.1, 0.15) is 38.9 Å². The van der Waals surface area contributed by atoms with E-state index in [0.29, 0.717) is 0 Å². The first-order valence-corrected chi connectivity index (χ1v) is 9.31. The van der Waals surface area contributed by atoms with Crippen LogP contribution in [0.25, 0.3) is 0 Å². The van der Waals surface area contributed by atoms with Crippen LogP contribution < -0.4 is 0 Å². The van der Waals surface area contributed by atoms with Gasteiger partial charge in [0, 0.05) is 12.6 Å². The zero-order valence-corrected chi connectivity index (χ0v) is 13.2. The molecular formula is C14H22FNO2Si. The number of hydrogen-bond donors (Lipinski definition) is 0. The number of hydrogen-bond acceptors (Lipinski definition) is 3. The summed E-state index contributed by atoms with van der Waals surface area (Å²) in [4.78, 5) is 14.5. The molecule has 0 aromatic carbocycles. The molecule has 1 atom stereocenters. The highest BCUT2D eigenvalue weighted by atomic mass is 28.4. The second-order valence-corrected chi connectivity index (χ2v) is 10.9. The van der Waals surface area contributed by atoms with E-state index in [1.165, 1.54) is 12.3 Å². The monoisotopic (exact) mass is 283 g/mol. The maximum Gasteiger partial charge on any atom is 0.212 e. The van der Waals surface area contributed by atoms with Gasteiger partial charge in [0.05, 0.1) is 6.10 Å². The van der Waals surface area contributed by atoms with Crippen molar-refractivity contribution in [1.29, 1.82) is 0 Å². The summed E-state index contributed by atoms with van der Waals surface area (Å²) in [6, 6.07) is 2.92. The summed E-state index contributed by atoms with van der Waals surface area (Å²) in [7, 11) is -1.98. The lowest BCUT2D eigenvalue weighted by molar-refractivity contribution is -0.109. The van der Waals surface area contributed by atoms with Gasteiger partial charge in [-0.3, -0.25) is 0 Å². The highest BCUT2D eigenvalue weighted by molar-refractivity contribution is 6.74. The van der Waals surface area contributed by atoms with Gasteiger partial charge < -0.3 is 9.22 Å². The molecule has 0 aliphatic rings. The third-order valence-electron chi connectivity index (χ3n) is 3.68. The molecule has 106 valence electrons. The van der Waals surface area contributed by atoms with Gasteiger partial charge in [-0.25, -0.2) is 4.98 Å². The fourth-order valence-electron chi connectivity index (χ4n) is 1.45. The zero-order valence-electron chi connectivity index (χ0n) is 12.2. The molecule has 0 amide bonds. The van der Waals surface area contributed by atoms with E-state index in [9.17, 15) is 9.18 Å². The Bertz CT molecular complexity index is 426. The fourth-order valence-corrected chi connectivity index (χ4v) is 2.75. The van der Waals surface area contributed by atoms with Crippen molar-refractivity contribution in [2.45, 2.75) is 51.4 Å². The Labute approximate surface area is 115 Å². The zero-order chi connectivity index (χ0) is 14.7. The molecule has 0 aliphatic heterocycles. The Balaban J connectivity index is 2.96. The summed E-state index contributed by atoms with van der Waals surface area (Å²) in [5.41, 5.74) is 0.748. The van der Waals surface area contributed by atoms with Gasteiger partial charge in [-0.15, -0.1) is 0 Å². The van der Waals surface area contributed by atoms with Crippen LogP contribution in [-0.4, -0.2) is 19.6 Å². The number of rotatable bonds is 5. The van der Waals surface area contributed by atoms with Gasteiger partial charge in [0.2, 0.25) is 5.95 Å². The van der Waals surface area contributed by atoms with E-state index in [-0.39, 0.29) is 17.6 Å². The van der Waals surface area contributed by atoms with E-state index in [1.807, 2.05) is 0 Å². The molecule has 5 heteroatoms. The Morgan fingerprint density at radius 1 is 1.42 bits per heavy atom. The van der Waals surface area contributed by atoms with Crippen molar-refractivity contribution in [2.24, 2.45) is 0 Å². The Kier molecular flexibility index (Phi) is 4.98. The highest BCUT2D eigenvalue weighted by Crippen LogP contribution is 2.40. The van der Waals surface area contributed by atoms with E-state index in [0.717, 1.165) is 11.8 Å². The van der Waals surface area contributed by atoms with Crippen molar-refractivity contribution in [3.63, 3.8) is 0 Å². The number of aromatic nitrogens is 1. The van der Waals surface area contributed by atoms with E-state index >= 15 is 0 Å². The molecule has 0 saturated carbocycles. The first-order valence-electron chi connectivity index (χ1n) is 6.40. The minimum absolute atomic E-state index is 0.0571. The van der Waals surface area contributed by atoms with Crippen molar-refractivity contribution in [3.8, 4) is 0 Å². The predicted molar refractivity (Wildman–Crippen MR) is 75.9 cm³/mol. The van der Waals surface area contributed by atoms with Crippen molar-refractivity contribution in [3.05, 3.63) is 29.8 Å². The van der Waals surface area contributed by atoms with Crippen molar-refractivity contribution < 1.29 is 13.6 Å². The Hall–Kier alpha value is -1.07. The fraction of sp³-hybridized carbons (Fsp3) is 0.571. The minimum Gasteiger partial charge on any atom is -0.409 e. The first-order chi connectivity index (χ1) is 8.67. The first kappa shape index (κ1) is 16.0. The van der Waals surface area contributed by atoms with Gasteiger partial charge in [-0.1, -0.05) is 26.8 Å². The summed E-state index contributed by atoms with van der Waals surface area (Å²) in [5.74, 6) is -0.527. The molecule has 1 heterocycles. The molecule has 3 nitrogen and oxygen atoms in total. The molecule has 0 spiro atoms. The molecule has 0 saturated heterocycles. The van der Waals surface area contributed by atoms with Crippen LogP contribution in [0.3, 0.4) is 0 Å². The van der Waals surface area contributed by atoms with E-state index in [4.69, 9.17) is 4.43 Å². The molecule has 1 rings (SSSR count). The van der Waals surface area contributed by atoms with Gasteiger partial charge in [-0.2, -0.15) is 4.39 Å². The topological polar surface area (TPSA) is 39.2 Å². The standard InChI is InChI=1S/C14H22FNO2Si/c1-14(2,3)19(4,5)18-12(8-9-17)11-6-7-13(15)16-10-11/h6-7,9-10,12H,8H2,1-5H3. The lowest BCUT2D eigenvalue weighted by atomic mass is 10.1. The number of halogens is 1. The summed E-state index contributed by atoms with van der Waals surface area (Å²) < 4.78 is 19.1. The number of carbonyl (C=O) groups is 1. The van der Waals surface area contributed by atoms with Crippen molar-refractivity contribution in [1.82, 2.24) is 4.98 Å². The molecule has 1 aromatic rings. The van der Waals surface area contributed by atoms with Crippen LogP contribution >= 0.6 is 0 Å². The average Bonchev–Trinajstić information content (AvgIpc) is 2.27. The van der Waals surface area contributed by atoms with Gasteiger partial charge in [0.25, 0.3) is 0 Å². The molecule has 1 unspecified atom stereocenters. The SMILES string of the molecule is CC(C)(C)[Si](C)(C)OC(CC=O)c1ccc(F)nc1. The normalized spacial score (nSPS) is 14.2. The maximum absolute atomic E-state index is 12.9. The number of aldehydes is 1. The van der Waals surface area contributed by atoms with E-state index < -0.39 is 14.3 Å². The second kappa shape index (κ2) is 5.92. The Morgan fingerprint density at radius 3 is 2.47 bits per heavy atom.